The molecule has 2 aromatic heterocycles. The third kappa shape index (κ3) is 2.28. The largest absolute Gasteiger partial charge is 0.298 e. The van der Waals surface area contributed by atoms with Gasteiger partial charge in [0.1, 0.15) is 0 Å². The van der Waals surface area contributed by atoms with Crippen LogP contribution in [-0.2, 0) is 24.8 Å². The van der Waals surface area contributed by atoms with E-state index in [1.54, 1.807) is 21.3 Å². The average Bonchev–Trinajstić information content (AvgIpc) is 3.02. The molecule has 0 bridgehead atoms. The van der Waals surface area contributed by atoms with Crippen LogP contribution in [0.1, 0.15) is 18.7 Å². The quantitative estimate of drug-likeness (QED) is 0.772. The molecule has 0 spiro atoms. The van der Waals surface area contributed by atoms with Crippen molar-refractivity contribution in [1.29, 1.82) is 0 Å². The maximum atomic E-state index is 12.5. The molecule has 0 aliphatic carbocycles. The van der Waals surface area contributed by atoms with Gasteiger partial charge < -0.3 is 0 Å². The van der Waals surface area contributed by atoms with Gasteiger partial charge in [-0.05, 0) is 23.3 Å². The predicted octanol–water partition coefficient (Wildman–Crippen LogP) is 0.0221. The lowest BCUT2D eigenvalue weighted by atomic mass is 9.99. The molecular formula is C12H17N7O. The number of carbonyl (C=O) groups excluding carboxylic acids is 1. The maximum Gasteiger partial charge on any atom is 0.231 e. The molecule has 1 unspecified atom stereocenters. The molecule has 3 heterocycles. The van der Waals surface area contributed by atoms with E-state index in [4.69, 9.17) is 0 Å². The summed E-state index contributed by atoms with van der Waals surface area (Å²) in [7, 11) is 3.61. The zero-order chi connectivity index (χ0) is 14.1. The summed E-state index contributed by atoms with van der Waals surface area (Å²) in [6.07, 6.45) is 4.10. The number of nitrogens with zero attached hydrogens (tertiary/aromatic N) is 7. The monoisotopic (exact) mass is 275 g/mol. The molecule has 0 fully saturated rings. The van der Waals surface area contributed by atoms with Crippen LogP contribution in [0, 0.1) is 5.92 Å². The Hall–Kier alpha value is -2.25. The minimum atomic E-state index is -0.0227. The number of hydrogen-bond donors (Lipinski definition) is 0. The van der Waals surface area contributed by atoms with E-state index in [0.29, 0.717) is 12.4 Å². The minimum absolute atomic E-state index is 0.0227. The van der Waals surface area contributed by atoms with Gasteiger partial charge in [-0.1, -0.05) is 0 Å². The first-order valence-corrected chi connectivity index (χ1v) is 6.67. The highest BCUT2D eigenvalue weighted by molar-refractivity contribution is 5.93. The SMILES string of the molecule is CN(C(=O)C1CCc2nnnn2CC1)c1ccn(C)n1. The molecule has 0 saturated heterocycles. The lowest BCUT2D eigenvalue weighted by Gasteiger charge is -2.20. The van der Waals surface area contributed by atoms with Crippen LogP contribution >= 0.6 is 0 Å². The molecular weight excluding hydrogens is 258 g/mol. The molecule has 1 amide bonds. The fourth-order valence-electron chi connectivity index (χ4n) is 2.52. The molecule has 106 valence electrons. The first-order chi connectivity index (χ1) is 9.65. The Bertz CT molecular complexity index is 594. The van der Waals surface area contributed by atoms with E-state index >= 15 is 0 Å². The average molecular weight is 275 g/mol. The first kappa shape index (κ1) is 12.8. The van der Waals surface area contributed by atoms with Crippen molar-refractivity contribution >= 4 is 11.7 Å². The minimum Gasteiger partial charge on any atom is -0.298 e. The number of amides is 1. The summed E-state index contributed by atoms with van der Waals surface area (Å²) in [5.41, 5.74) is 0. The summed E-state index contributed by atoms with van der Waals surface area (Å²) in [6, 6.07) is 1.84. The van der Waals surface area contributed by atoms with Crippen LogP contribution in [0.2, 0.25) is 0 Å². The van der Waals surface area contributed by atoms with E-state index in [1.807, 2.05) is 19.3 Å². The Balaban J connectivity index is 1.70. The number of rotatable bonds is 2. The van der Waals surface area contributed by atoms with E-state index < -0.39 is 0 Å². The van der Waals surface area contributed by atoms with Crippen molar-refractivity contribution in [3.05, 3.63) is 18.1 Å². The van der Waals surface area contributed by atoms with E-state index in [1.165, 1.54) is 0 Å². The van der Waals surface area contributed by atoms with Gasteiger partial charge in [0.15, 0.2) is 11.6 Å². The molecule has 3 rings (SSSR count). The highest BCUT2D eigenvalue weighted by Crippen LogP contribution is 2.21. The number of aryl methyl sites for hydroxylation is 3. The number of anilines is 1. The maximum absolute atomic E-state index is 12.5. The standard InChI is InChI=1S/C12H17N7O/c1-17-7-6-11(14-17)18(2)12(20)9-3-4-10-13-15-16-19(10)8-5-9/h6-7,9H,3-5,8H2,1-2H3. The van der Waals surface area contributed by atoms with E-state index in [2.05, 4.69) is 20.6 Å². The summed E-state index contributed by atoms with van der Waals surface area (Å²) < 4.78 is 3.48. The van der Waals surface area contributed by atoms with Gasteiger partial charge in [-0.2, -0.15) is 5.10 Å². The van der Waals surface area contributed by atoms with Crippen LogP contribution in [0.4, 0.5) is 5.82 Å². The zero-order valence-corrected chi connectivity index (χ0v) is 11.6. The lowest BCUT2D eigenvalue weighted by molar-refractivity contribution is -0.122. The second-order valence-corrected chi connectivity index (χ2v) is 5.09. The predicted molar refractivity (Wildman–Crippen MR) is 70.9 cm³/mol. The van der Waals surface area contributed by atoms with Crippen molar-refractivity contribution in [3.8, 4) is 0 Å². The molecule has 20 heavy (non-hydrogen) atoms. The Labute approximate surface area is 116 Å². The van der Waals surface area contributed by atoms with Crippen molar-refractivity contribution < 1.29 is 4.79 Å². The highest BCUT2D eigenvalue weighted by atomic mass is 16.2. The zero-order valence-electron chi connectivity index (χ0n) is 11.6. The Morgan fingerprint density at radius 3 is 3.05 bits per heavy atom. The number of fused-ring (bicyclic) bond motifs is 1. The van der Waals surface area contributed by atoms with Crippen LogP contribution < -0.4 is 4.90 Å². The van der Waals surface area contributed by atoms with Gasteiger partial charge in [0.25, 0.3) is 0 Å². The van der Waals surface area contributed by atoms with Gasteiger partial charge in [0.05, 0.1) is 0 Å². The van der Waals surface area contributed by atoms with Gasteiger partial charge in [-0.3, -0.25) is 14.4 Å². The normalized spacial score (nSPS) is 18.4. The Morgan fingerprint density at radius 1 is 1.45 bits per heavy atom. The van der Waals surface area contributed by atoms with Crippen molar-refractivity contribution in [1.82, 2.24) is 30.0 Å². The van der Waals surface area contributed by atoms with Gasteiger partial charge in [0.2, 0.25) is 5.91 Å². The molecule has 1 atom stereocenters. The summed E-state index contributed by atoms with van der Waals surface area (Å²) in [4.78, 5) is 14.2. The van der Waals surface area contributed by atoms with Gasteiger partial charge in [-0.25, -0.2) is 4.68 Å². The Kier molecular flexibility index (Phi) is 3.21. The van der Waals surface area contributed by atoms with Crippen LogP contribution in [0.15, 0.2) is 12.3 Å². The summed E-state index contributed by atoms with van der Waals surface area (Å²) >= 11 is 0. The third-order valence-corrected chi connectivity index (χ3v) is 3.73. The molecule has 8 nitrogen and oxygen atoms in total. The number of carbonyl (C=O) groups is 1. The Morgan fingerprint density at radius 2 is 2.30 bits per heavy atom. The fraction of sp³-hybridized carbons (Fsp3) is 0.583. The lowest BCUT2D eigenvalue weighted by Crippen LogP contribution is -2.33. The van der Waals surface area contributed by atoms with Crippen molar-refractivity contribution in [2.24, 2.45) is 13.0 Å². The van der Waals surface area contributed by atoms with E-state index in [0.717, 1.165) is 25.1 Å². The second-order valence-electron chi connectivity index (χ2n) is 5.09. The van der Waals surface area contributed by atoms with E-state index in [9.17, 15) is 4.79 Å². The van der Waals surface area contributed by atoms with Crippen molar-refractivity contribution in [2.45, 2.75) is 25.8 Å². The molecule has 8 heteroatoms. The van der Waals surface area contributed by atoms with Crippen LogP contribution in [0.25, 0.3) is 0 Å². The molecule has 1 aliphatic heterocycles. The smallest absolute Gasteiger partial charge is 0.231 e. The second kappa shape index (κ2) is 5.03. The first-order valence-electron chi connectivity index (χ1n) is 6.67. The van der Waals surface area contributed by atoms with Crippen molar-refractivity contribution in [3.63, 3.8) is 0 Å². The summed E-state index contributed by atoms with van der Waals surface area (Å²) in [5.74, 6) is 1.62. The fourth-order valence-corrected chi connectivity index (χ4v) is 2.52. The summed E-state index contributed by atoms with van der Waals surface area (Å²) in [5, 5.41) is 15.8. The van der Waals surface area contributed by atoms with Crippen LogP contribution in [-0.4, -0.2) is 42.9 Å². The van der Waals surface area contributed by atoms with Gasteiger partial charge in [0, 0.05) is 45.2 Å². The molecule has 0 saturated carbocycles. The van der Waals surface area contributed by atoms with Crippen molar-refractivity contribution in [2.75, 3.05) is 11.9 Å². The molecule has 0 N–H and O–H groups in total. The van der Waals surface area contributed by atoms with Gasteiger partial charge >= 0.3 is 0 Å². The number of hydrogen-bond acceptors (Lipinski definition) is 5. The highest BCUT2D eigenvalue weighted by Gasteiger charge is 2.27. The molecule has 0 radical (unpaired) electrons. The summed E-state index contributed by atoms with van der Waals surface area (Å²) in [6.45, 7) is 0.689. The molecule has 1 aliphatic rings. The van der Waals surface area contributed by atoms with Gasteiger partial charge in [-0.15, -0.1) is 5.10 Å². The van der Waals surface area contributed by atoms with Crippen LogP contribution in [0.3, 0.4) is 0 Å². The van der Waals surface area contributed by atoms with E-state index in [-0.39, 0.29) is 11.8 Å². The third-order valence-electron chi connectivity index (χ3n) is 3.73. The number of tetrazole rings is 1. The number of aromatic nitrogens is 6. The van der Waals surface area contributed by atoms with Crippen LogP contribution in [0.5, 0.6) is 0 Å². The molecule has 2 aromatic rings. The topological polar surface area (TPSA) is 81.7 Å². The molecule has 0 aromatic carbocycles.